The summed E-state index contributed by atoms with van der Waals surface area (Å²) in [5.74, 6) is 1.91. The first-order valence-electron chi connectivity index (χ1n) is 11.8. The molecule has 2 aliphatic rings. The van der Waals surface area contributed by atoms with Gasteiger partial charge in [0.1, 0.15) is 0 Å². The second kappa shape index (κ2) is 9.78. The normalized spacial score (nSPS) is 24.7. The predicted octanol–water partition coefficient (Wildman–Crippen LogP) is 5.23. The number of carbonyl (C=O) groups excluding carboxylic acids is 1. The van der Waals surface area contributed by atoms with Crippen LogP contribution in [0.1, 0.15) is 56.6 Å². The molecule has 0 radical (unpaired) electrons. The van der Waals surface area contributed by atoms with E-state index in [2.05, 4.69) is 78.7 Å². The summed E-state index contributed by atoms with van der Waals surface area (Å²) in [6, 6.07) is 21.5. The Morgan fingerprint density at radius 1 is 0.967 bits per heavy atom. The van der Waals surface area contributed by atoms with Gasteiger partial charge >= 0.3 is 0 Å². The highest BCUT2D eigenvalue weighted by Gasteiger charge is 2.43. The lowest BCUT2D eigenvalue weighted by molar-refractivity contribution is -0.124. The molecule has 1 saturated carbocycles. The summed E-state index contributed by atoms with van der Waals surface area (Å²) in [5, 5.41) is 3.52. The Bertz CT molecular complexity index is 802. The molecular weight excluding hydrogens is 368 g/mol. The minimum atomic E-state index is -0.0397. The van der Waals surface area contributed by atoms with Crippen molar-refractivity contribution in [1.29, 1.82) is 0 Å². The smallest absolute Gasteiger partial charge is 0.228 e. The van der Waals surface area contributed by atoms with Crippen molar-refractivity contribution >= 4 is 5.91 Å². The van der Waals surface area contributed by atoms with Gasteiger partial charge in [-0.1, -0.05) is 87.4 Å². The van der Waals surface area contributed by atoms with Crippen LogP contribution in [0.3, 0.4) is 0 Å². The van der Waals surface area contributed by atoms with Crippen molar-refractivity contribution in [3.8, 4) is 0 Å². The van der Waals surface area contributed by atoms with Crippen LogP contribution in [0.4, 0.5) is 0 Å². The summed E-state index contributed by atoms with van der Waals surface area (Å²) >= 11 is 0. The van der Waals surface area contributed by atoms with Gasteiger partial charge in [0.25, 0.3) is 0 Å². The molecule has 3 heteroatoms. The van der Waals surface area contributed by atoms with Crippen LogP contribution < -0.4 is 5.32 Å². The van der Waals surface area contributed by atoms with Crippen molar-refractivity contribution in [2.75, 3.05) is 13.1 Å². The zero-order chi connectivity index (χ0) is 20.9. The van der Waals surface area contributed by atoms with E-state index < -0.39 is 0 Å². The minimum Gasteiger partial charge on any atom is -0.352 e. The van der Waals surface area contributed by atoms with Crippen LogP contribution in [0.5, 0.6) is 0 Å². The maximum atomic E-state index is 13.5. The number of nitrogens with zero attached hydrogens (tertiary/aromatic N) is 1. The van der Waals surface area contributed by atoms with Gasteiger partial charge in [-0.25, -0.2) is 0 Å². The third-order valence-corrected chi connectivity index (χ3v) is 7.47. The fourth-order valence-corrected chi connectivity index (χ4v) is 5.84. The summed E-state index contributed by atoms with van der Waals surface area (Å²) in [4.78, 5) is 16.1. The quantitative estimate of drug-likeness (QED) is 0.653. The lowest BCUT2D eigenvalue weighted by Gasteiger charge is -2.28. The van der Waals surface area contributed by atoms with E-state index >= 15 is 0 Å². The Morgan fingerprint density at radius 2 is 1.63 bits per heavy atom. The summed E-state index contributed by atoms with van der Waals surface area (Å²) < 4.78 is 0. The third-order valence-electron chi connectivity index (χ3n) is 7.47. The van der Waals surface area contributed by atoms with E-state index in [1.54, 1.807) is 0 Å². The lowest BCUT2D eigenvalue weighted by Crippen LogP contribution is -2.43. The largest absolute Gasteiger partial charge is 0.352 e. The fraction of sp³-hybridized carbons (Fsp3) is 0.519. The Kier molecular flexibility index (Phi) is 6.89. The molecule has 0 bridgehead atoms. The molecule has 4 atom stereocenters. The molecule has 30 heavy (non-hydrogen) atoms. The van der Waals surface area contributed by atoms with Gasteiger partial charge < -0.3 is 5.32 Å². The molecule has 0 spiro atoms. The molecule has 1 N–H and O–H groups in total. The molecule has 1 aliphatic carbocycles. The van der Waals surface area contributed by atoms with Gasteiger partial charge in [-0.3, -0.25) is 9.69 Å². The van der Waals surface area contributed by atoms with Gasteiger partial charge in [0.15, 0.2) is 0 Å². The molecule has 1 aliphatic heterocycles. The zero-order valence-corrected chi connectivity index (χ0v) is 18.5. The first-order chi connectivity index (χ1) is 14.7. The Balaban J connectivity index is 1.42. The monoisotopic (exact) mass is 404 g/mol. The van der Waals surface area contributed by atoms with E-state index in [-0.39, 0.29) is 11.8 Å². The van der Waals surface area contributed by atoms with Gasteiger partial charge in [-0.15, -0.1) is 0 Å². The molecule has 1 heterocycles. The first kappa shape index (κ1) is 21.1. The molecule has 2 fully saturated rings. The molecular formula is C27H36N2O. The van der Waals surface area contributed by atoms with Crippen molar-refractivity contribution in [1.82, 2.24) is 10.2 Å². The Hall–Kier alpha value is -2.13. The number of hydrogen-bond donors (Lipinski definition) is 1. The van der Waals surface area contributed by atoms with Gasteiger partial charge in [-0.2, -0.15) is 0 Å². The summed E-state index contributed by atoms with van der Waals surface area (Å²) in [6.07, 6.45) is 4.43. The standard InChI is InChI=1S/C27H36N2O/c1-3-21(4-2)26(22-13-9-6-10-14-22)27(30)28-25-16-15-23-18-29(19-24(23)25)17-20-11-7-5-8-12-20/h5-14,21,23-26H,3-4,15-19H2,1-2H3,(H,28,30). The molecule has 3 nitrogen and oxygen atoms in total. The van der Waals surface area contributed by atoms with Crippen molar-refractivity contribution in [3.05, 3.63) is 71.8 Å². The number of rotatable bonds is 8. The maximum Gasteiger partial charge on any atom is 0.228 e. The van der Waals surface area contributed by atoms with Crippen molar-refractivity contribution in [3.63, 3.8) is 0 Å². The van der Waals surface area contributed by atoms with Crippen LogP contribution in [-0.2, 0) is 11.3 Å². The number of fused-ring (bicyclic) bond motifs is 1. The summed E-state index contributed by atoms with van der Waals surface area (Å²) in [7, 11) is 0. The first-order valence-corrected chi connectivity index (χ1v) is 11.8. The molecule has 4 rings (SSSR count). The highest BCUT2D eigenvalue weighted by atomic mass is 16.2. The SMILES string of the molecule is CCC(CC)C(C(=O)NC1CCC2CN(Cc3ccccc3)CC21)c1ccccc1. The van der Waals surface area contributed by atoms with Gasteiger partial charge in [0, 0.05) is 25.7 Å². The molecule has 1 saturated heterocycles. The van der Waals surface area contributed by atoms with Gasteiger partial charge in [0.05, 0.1) is 5.92 Å². The molecule has 4 unspecified atom stereocenters. The average molecular weight is 405 g/mol. The van der Waals surface area contributed by atoms with Crippen LogP contribution in [0.2, 0.25) is 0 Å². The third kappa shape index (κ3) is 4.62. The van der Waals surface area contributed by atoms with Crippen LogP contribution in [-0.4, -0.2) is 29.9 Å². The van der Waals surface area contributed by atoms with E-state index in [0.717, 1.165) is 43.8 Å². The van der Waals surface area contributed by atoms with E-state index in [4.69, 9.17) is 0 Å². The Labute approximate surface area is 181 Å². The van der Waals surface area contributed by atoms with Crippen molar-refractivity contribution in [2.45, 2.75) is 58.0 Å². The highest BCUT2D eigenvalue weighted by Crippen LogP contribution is 2.39. The molecule has 2 aromatic carbocycles. The lowest BCUT2D eigenvalue weighted by atomic mass is 9.81. The van der Waals surface area contributed by atoms with Crippen molar-refractivity contribution < 1.29 is 4.79 Å². The number of hydrogen-bond acceptors (Lipinski definition) is 2. The second-order valence-electron chi connectivity index (χ2n) is 9.26. The molecule has 160 valence electrons. The molecule has 2 aromatic rings. The highest BCUT2D eigenvalue weighted by molar-refractivity contribution is 5.84. The minimum absolute atomic E-state index is 0.0397. The van der Waals surface area contributed by atoms with Gasteiger partial charge in [0.2, 0.25) is 5.91 Å². The summed E-state index contributed by atoms with van der Waals surface area (Å²) in [5.41, 5.74) is 2.55. The maximum absolute atomic E-state index is 13.5. The van der Waals surface area contributed by atoms with Crippen LogP contribution in [0.25, 0.3) is 0 Å². The molecule has 0 aromatic heterocycles. The van der Waals surface area contributed by atoms with Crippen molar-refractivity contribution in [2.24, 2.45) is 17.8 Å². The zero-order valence-electron chi connectivity index (χ0n) is 18.5. The number of nitrogens with one attached hydrogen (secondary N) is 1. The van der Waals surface area contributed by atoms with E-state index in [0.29, 0.717) is 17.9 Å². The Morgan fingerprint density at radius 3 is 2.30 bits per heavy atom. The second-order valence-corrected chi connectivity index (χ2v) is 9.26. The van der Waals surface area contributed by atoms with Gasteiger partial charge in [-0.05, 0) is 41.7 Å². The fourth-order valence-electron chi connectivity index (χ4n) is 5.84. The van der Waals surface area contributed by atoms with E-state index in [1.807, 2.05) is 6.07 Å². The summed E-state index contributed by atoms with van der Waals surface area (Å²) in [6.45, 7) is 7.71. The number of likely N-dealkylation sites (tertiary alicyclic amines) is 1. The van der Waals surface area contributed by atoms with E-state index in [9.17, 15) is 4.79 Å². The topological polar surface area (TPSA) is 32.3 Å². The number of amides is 1. The molecule has 1 amide bonds. The number of carbonyl (C=O) groups is 1. The number of benzene rings is 2. The van der Waals surface area contributed by atoms with Crippen LogP contribution in [0, 0.1) is 17.8 Å². The van der Waals surface area contributed by atoms with Crippen LogP contribution >= 0.6 is 0 Å². The van der Waals surface area contributed by atoms with E-state index in [1.165, 1.54) is 18.5 Å². The predicted molar refractivity (Wildman–Crippen MR) is 123 cm³/mol. The van der Waals surface area contributed by atoms with Crippen LogP contribution in [0.15, 0.2) is 60.7 Å². The average Bonchev–Trinajstić information content (AvgIpc) is 3.34.